The fraction of sp³-hybridized carbons (Fsp3) is 0.200. The molecule has 0 aliphatic heterocycles. The Kier molecular flexibility index (Phi) is 4.47. The monoisotopic (exact) mass is 322 g/mol. The first-order valence-electron chi connectivity index (χ1n) is 7.85. The molecular weight excluding hydrogens is 299 g/mol. The van der Waals surface area contributed by atoms with Crippen LogP contribution in [0.15, 0.2) is 84.1 Å². The summed E-state index contributed by atoms with van der Waals surface area (Å²) in [6.45, 7) is 7.29. The first kappa shape index (κ1) is 15.5. The van der Waals surface area contributed by atoms with Crippen LogP contribution in [0.3, 0.4) is 0 Å². The maximum Gasteiger partial charge on any atom is 0.0772 e. The second kappa shape index (κ2) is 6.36. The first-order chi connectivity index (χ1) is 10.6. The van der Waals surface area contributed by atoms with E-state index in [4.69, 9.17) is 0 Å². The van der Waals surface area contributed by atoms with E-state index in [-0.39, 0.29) is 7.92 Å². The molecule has 2 aromatic carbocycles. The van der Waals surface area contributed by atoms with Crippen molar-refractivity contribution in [1.82, 2.24) is 0 Å². The number of allylic oxidation sites excluding steroid dienone is 4. The van der Waals surface area contributed by atoms with Gasteiger partial charge in [-0.3, -0.25) is 0 Å². The summed E-state index contributed by atoms with van der Waals surface area (Å²) < 4.78 is 0. The van der Waals surface area contributed by atoms with Crippen LogP contribution >= 0.6 is 7.92 Å². The number of hydrogen-bond donors (Lipinski definition) is 0. The van der Waals surface area contributed by atoms with Gasteiger partial charge >= 0.3 is 0 Å². The van der Waals surface area contributed by atoms with E-state index in [0.29, 0.717) is 5.66 Å². The Morgan fingerprint density at radius 3 is 1.68 bits per heavy atom. The van der Waals surface area contributed by atoms with Gasteiger partial charge in [0.05, 0.1) is 8.07 Å². The lowest BCUT2D eigenvalue weighted by Crippen LogP contribution is -2.23. The van der Waals surface area contributed by atoms with Gasteiger partial charge in [-0.15, -0.1) is 0 Å². The molecular formula is C20H23PSi. The van der Waals surface area contributed by atoms with Crippen molar-refractivity contribution in [3.05, 3.63) is 84.1 Å². The highest BCUT2D eigenvalue weighted by molar-refractivity contribution is 7.74. The minimum Gasteiger partial charge on any atom is -0.0735 e. The highest BCUT2D eigenvalue weighted by Gasteiger charge is 2.27. The minimum absolute atomic E-state index is 0.367. The lowest BCUT2D eigenvalue weighted by atomic mass is 10.4. The van der Waals surface area contributed by atoms with E-state index in [2.05, 4.69) is 98.5 Å². The molecule has 0 nitrogen and oxygen atoms in total. The maximum absolute atomic E-state index is 2.54. The van der Waals surface area contributed by atoms with Crippen LogP contribution in [0.1, 0.15) is 0 Å². The predicted octanol–water partition coefficient (Wildman–Crippen LogP) is 4.86. The Morgan fingerprint density at radius 1 is 0.773 bits per heavy atom. The fourth-order valence-corrected chi connectivity index (χ4v) is 6.79. The molecule has 112 valence electrons. The van der Waals surface area contributed by atoms with Crippen molar-refractivity contribution >= 4 is 26.6 Å². The Labute approximate surface area is 136 Å². The second-order valence-electron chi connectivity index (χ2n) is 6.76. The van der Waals surface area contributed by atoms with E-state index < -0.39 is 8.07 Å². The predicted molar refractivity (Wildman–Crippen MR) is 103 cm³/mol. The molecule has 1 aliphatic rings. The van der Waals surface area contributed by atoms with Gasteiger partial charge in [-0.2, -0.15) is 0 Å². The Bertz CT molecular complexity index is 641. The summed E-state index contributed by atoms with van der Waals surface area (Å²) in [7, 11) is -1.60. The average Bonchev–Trinajstić information content (AvgIpc) is 2.99. The van der Waals surface area contributed by atoms with E-state index in [1.165, 1.54) is 10.6 Å². The van der Waals surface area contributed by atoms with Crippen molar-refractivity contribution < 1.29 is 0 Å². The van der Waals surface area contributed by atoms with Gasteiger partial charge in [-0.25, -0.2) is 0 Å². The van der Waals surface area contributed by atoms with Gasteiger partial charge in [0.1, 0.15) is 0 Å². The van der Waals surface area contributed by atoms with E-state index in [9.17, 15) is 0 Å². The Balaban J connectivity index is 2.02. The summed E-state index contributed by atoms with van der Waals surface area (Å²) in [5.74, 6) is 0. The second-order valence-corrected chi connectivity index (χ2v) is 14.2. The Hall–Kier alpha value is -1.43. The van der Waals surface area contributed by atoms with Crippen LogP contribution < -0.4 is 10.6 Å². The standard InChI is InChI=1S/C20H23PSi/c1-22(2,3)20-15-14-19(16-20)21(17-10-6-4-7-11-17)18-12-8-5-9-13-18/h4-16,19H,1-3H3. The molecule has 1 aliphatic carbocycles. The van der Waals surface area contributed by atoms with Gasteiger partial charge < -0.3 is 0 Å². The SMILES string of the molecule is C[Si](C)(C)C1=CC(P(c2ccccc2)c2ccccc2)C=C1. The largest absolute Gasteiger partial charge is 0.0772 e. The van der Waals surface area contributed by atoms with Crippen molar-refractivity contribution in [2.24, 2.45) is 0 Å². The van der Waals surface area contributed by atoms with Gasteiger partial charge in [0.2, 0.25) is 0 Å². The molecule has 0 saturated heterocycles. The average molecular weight is 322 g/mol. The molecule has 22 heavy (non-hydrogen) atoms. The van der Waals surface area contributed by atoms with Crippen molar-refractivity contribution in [2.75, 3.05) is 0 Å². The van der Waals surface area contributed by atoms with Crippen molar-refractivity contribution in [1.29, 1.82) is 0 Å². The minimum atomic E-state index is -1.23. The molecule has 0 radical (unpaired) electrons. The molecule has 0 saturated carbocycles. The molecule has 0 aromatic heterocycles. The fourth-order valence-electron chi connectivity index (χ4n) is 2.83. The molecule has 2 aromatic rings. The van der Waals surface area contributed by atoms with Gasteiger partial charge in [0.15, 0.2) is 0 Å². The van der Waals surface area contributed by atoms with Crippen molar-refractivity contribution in [3.8, 4) is 0 Å². The lowest BCUT2D eigenvalue weighted by molar-refractivity contribution is 1.44. The first-order valence-corrected chi connectivity index (χ1v) is 12.8. The molecule has 0 N–H and O–H groups in total. The summed E-state index contributed by atoms with van der Waals surface area (Å²) in [6, 6.07) is 22.0. The summed E-state index contributed by atoms with van der Waals surface area (Å²) in [5.41, 5.74) is 0.529. The van der Waals surface area contributed by atoms with Gasteiger partial charge in [0.25, 0.3) is 0 Å². The smallest absolute Gasteiger partial charge is 0.0735 e. The lowest BCUT2D eigenvalue weighted by Gasteiger charge is -2.23. The molecule has 0 amide bonds. The number of rotatable bonds is 4. The topological polar surface area (TPSA) is 0 Å². The zero-order valence-corrected chi connectivity index (χ0v) is 15.4. The van der Waals surface area contributed by atoms with Gasteiger partial charge in [-0.05, 0) is 18.5 Å². The summed E-state index contributed by atoms with van der Waals surface area (Å²) >= 11 is 0. The highest BCUT2D eigenvalue weighted by Crippen LogP contribution is 2.44. The molecule has 3 rings (SSSR count). The van der Waals surface area contributed by atoms with E-state index in [1.807, 2.05) is 0 Å². The molecule has 1 unspecified atom stereocenters. The summed E-state index contributed by atoms with van der Waals surface area (Å²) in [4.78, 5) is 0. The highest BCUT2D eigenvalue weighted by atomic mass is 31.1. The third-order valence-electron chi connectivity index (χ3n) is 4.06. The van der Waals surface area contributed by atoms with E-state index in [1.54, 1.807) is 5.20 Å². The number of hydrogen-bond acceptors (Lipinski definition) is 0. The quantitative estimate of drug-likeness (QED) is 0.557. The van der Waals surface area contributed by atoms with E-state index >= 15 is 0 Å². The summed E-state index contributed by atoms with van der Waals surface area (Å²) in [6.07, 6.45) is 7.36. The normalized spacial score (nSPS) is 17.8. The van der Waals surface area contributed by atoms with Crippen molar-refractivity contribution in [3.63, 3.8) is 0 Å². The molecule has 0 fully saturated rings. The van der Waals surface area contributed by atoms with E-state index in [0.717, 1.165) is 0 Å². The van der Waals surface area contributed by atoms with Crippen LogP contribution in [0.4, 0.5) is 0 Å². The zero-order valence-electron chi connectivity index (χ0n) is 13.5. The van der Waals surface area contributed by atoms with Crippen LogP contribution in [-0.4, -0.2) is 13.7 Å². The third-order valence-corrected chi connectivity index (χ3v) is 8.75. The van der Waals surface area contributed by atoms with Crippen LogP contribution in [0.2, 0.25) is 19.6 Å². The van der Waals surface area contributed by atoms with Crippen LogP contribution in [0.25, 0.3) is 0 Å². The maximum atomic E-state index is 2.54. The van der Waals surface area contributed by atoms with Gasteiger partial charge in [-0.1, -0.05) is 104 Å². The van der Waals surface area contributed by atoms with Crippen molar-refractivity contribution in [2.45, 2.75) is 25.3 Å². The Morgan fingerprint density at radius 2 is 1.27 bits per heavy atom. The third kappa shape index (κ3) is 3.32. The number of benzene rings is 2. The molecule has 0 heterocycles. The summed E-state index contributed by atoms with van der Waals surface area (Å²) in [5, 5.41) is 4.52. The van der Waals surface area contributed by atoms with Gasteiger partial charge in [0, 0.05) is 5.66 Å². The molecule has 0 bridgehead atoms. The van der Waals surface area contributed by atoms with Crippen LogP contribution in [-0.2, 0) is 0 Å². The zero-order chi connectivity index (χ0) is 15.6. The van der Waals surface area contributed by atoms with Crippen LogP contribution in [0, 0.1) is 0 Å². The van der Waals surface area contributed by atoms with Crippen LogP contribution in [0.5, 0.6) is 0 Å². The molecule has 0 spiro atoms. The molecule has 1 atom stereocenters. The molecule has 2 heteroatoms.